The van der Waals surface area contributed by atoms with Crippen LogP contribution in [0.15, 0.2) is 28.8 Å². The molecule has 2 aromatic rings. The van der Waals surface area contributed by atoms with Gasteiger partial charge in [-0.05, 0) is 44.2 Å². The van der Waals surface area contributed by atoms with Gasteiger partial charge in [-0.3, -0.25) is 4.90 Å². The highest BCUT2D eigenvalue weighted by Gasteiger charge is 2.20. The zero-order chi connectivity index (χ0) is 15.4. The van der Waals surface area contributed by atoms with Crippen LogP contribution in [0.2, 0.25) is 0 Å². The number of benzene rings is 1. The Morgan fingerprint density at radius 1 is 1.18 bits per heavy atom. The van der Waals surface area contributed by atoms with Crippen molar-refractivity contribution in [3.05, 3.63) is 30.2 Å². The molecule has 0 atom stereocenters. The van der Waals surface area contributed by atoms with E-state index in [4.69, 9.17) is 9.26 Å². The van der Waals surface area contributed by atoms with Crippen LogP contribution >= 0.6 is 0 Å². The van der Waals surface area contributed by atoms with E-state index in [2.05, 4.69) is 22.1 Å². The van der Waals surface area contributed by atoms with Gasteiger partial charge in [-0.25, -0.2) is 0 Å². The topological polar surface area (TPSA) is 51.4 Å². The summed E-state index contributed by atoms with van der Waals surface area (Å²) < 4.78 is 10.6. The molecule has 3 rings (SSSR count). The second kappa shape index (κ2) is 6.92. The van der Waals surface area contributed by atoms with E-state index in [0.717, 1.165) is 11.3 Å². The van der Waals surface area contributed by atoms with E-state index in [1.807, 2.05) is 24.3 Å². The Hall–Kier alpha value is -1.88. The summed E-state index contributed by atoms with van der Waals surface area (Å²) in [6.07, 6.45) is 6.57. The fraction of sp³-hybridized carbons (Fsp3) is 0.529. The predicted octanol–water partition coefficient (Wildman–Crippen LogP) is 3.51. The molecular formula is C17H23N3O2. The van der Waals surface area contributed by atoms with Crippen molar-refractivity contribution in [3.8, 4) is 17.1 Å². The average molecular weight is 301 g/mol. The van der Waals surface area contributed by atoms with Gasteiger partial charge in [0, 0.05) is 11.6 Å². The zero-order valence-corrected chi connectivity index (χ0v) is 13.3. The van der Waals surface area contributed by atoms with Crippen LogP contribution in [0.3, 0.4) is 0 Å². The van der Waals surface area contributed by atoms with Gasteiger partial charge in [0.1, 0.15) is 5.75 Å². The summed E-state index contributed by atoms with van der Waals surface area (Å²) >= 11 is 0. The van der Waals surface area contributed by atoms with Gasteiger partial charge in [-0.2, -0.15) is 4.98 Å². The molecule has 0 saturated heterocycles. The third kappa shape index (κ3) is 3.47. The number of nitrogens with zero attached hydrogens (tertiary/aromatic N) is 3. The molecule has 1 aliphatic carbocycles. The van der Waals surface area contributed by atoms with Crippen molar-refractivity contribution in [3.63, 3.8) is 0 Å². The molecule has 1 aromatic heterocycles. The summed E-state index contributed by atoms with van der Waals surface area (Å²) in [5.41, 5.74) is 0.941. The lowest BCUT2D eigenvalue weighted by Gasteiger charge is -2.29. The van der Waals surface area contributed by atoms with Gasteiger partial charge < -0.3 is 9.26 Å². The molecule has 22 heavy (non-hydrogen) atoms. The quantitative estimate of drug-likeness (QED) is 0.846. The van der Waals surface area contributed by atoms with Gasteiger partial charge in [0.15, 0.2) is 0 Å². The SMILES string of the molecule is COc1ccc(-c2noc(CN(C)C3CCCCC3)n2)cc1. The average Bonchev–Trinajstić information content (AvgIpc) is 3.04. The van der Waals surface area contributed by atoms with Crippen molar-refractivity contribution < 1.29 is 9.26 Å². The third-order valence-corrected chi connectivity index (χ3v) is 4.40. The predicted molar refractivity (Wildman–Crippen MR) is 84.6 cm³/mol. The second-order valence-corrected chi connectivity index (χ2v) is 5.95. The number of aromatic nitrogens is 2. The minimum atomic E-state index is 0.634. The number of hydrogen-bond donors (Lipinski definition) is 0. The molecule has 5 nitrogen and oxygen atoms in total. The molecule has 0 radical (unpaired) electrons. The zero-order valence-electron chi connectivity index (χ0n) is 13.3. The molecule has 0 bridgehead atoms. The number of methoxy groups -OCH3 is 1. The molecule has 118 valence electrons. The van der Waals surface area contributed by atoms with Crippen LogP contribution in [-0.4, -0.2) is 35.2 Å². The first-order valence-electron chi connectivity index (χ1n) is 7.93. The van der Waals surface area contributed by atoms with Crippen LogP contribution < -0.4 is 4.74 Å². The van der Waals surface area contributed by atoms with Crippen LogP contribution in [0, 0.1) is 0 Å². The molecule has 0 aliphatic heterocycles. The fourth-order valence-electron chi connectivity index (χ4n) is 3.04. The maximum atomic E-state index is 5.40. The van der Waals surface area contributed by atoms with Crippen LogP contribution in [0.25, 0.3) is 11.4 Å². The van der Waals surface area contributed by atoms with Crippen molar-refractivity contribution in [1.29, 1.82) is 0 Å². The summed E-state index contributed by atoms with van der Waals surface area (Å²) in [6.45, 7) is 0.716. The lowest BCUT2D eigenvalue weighted by molar-refractivity contribution is 0.165. The minimum absolute atomic E-state index is 0.634. The maximum absolute atomic E-state index is 5.40. The lowest BCUT2D eigenvalue weighted by Crippen LogP contribution is -2.32. The van der Waals surface area contributed by atoms with E-state index in [1.165, 1.54) is 32.1 Å². The van der Waals surface area contributed by atoms with Gasteiger partial charge in [0.25, 0.3) is 0 Å². The Morgan fingerprint density at radius 3 is 2.59 bits per heavy atom. The van der Waals surface area contributed by atoms with E-state index in [-0.39, 0.29) is 0 Å². The Balaban J connectivity index is 1.64. The first-order chi connectivity index (χ1) is 10.8. The van der Waals surface area contributed by atoms with E-state index in [1.54, 1.807) is 7.11 Å². The first-order valence-corrected chi connectivity index (χ1v) is 7.93. The summed E-state index contributed by atoms with van der Waals surface area (Å²) in [7, 11) is 3.80. The molecule has 0 N–H and O–H groups in total. The Labute approximate surface area is 131 Å². The molecule has 0 spiro atoms. The van der Waals surface area contributed by atoms with E-state index >= 15 is 0 Å². The first kappa shape index (κ1) is 15.0. The van der Waals surface area contributed by atoms with Crippen molar-refractivity contribution in [2.24, 2.45) is 0 Å². The molecule has 1 aliphatic rings. The molecule has 1 heterocycles. The van der Waals surface area contributed by atoms with Crippen molar-refractivity contribution in [1.82, 2.24) is 15.0 Å². The third-order valence-electron chi connectivity index (χ3n) is 4.40. The van der Waals surface area contributed by atoms with Gasteiger partial charge in [0.2, 0.25) is 11.7 Å². The monoisotopic (exact) mass is 301 g/mol. The Morgan fingerprint density at radius 2 is 1.91 bits per heavy atom. The van der Waals surface area contributed by atoms with E-state index in [9.17, 15) is 0 Å². The standard InChI is InChI=1S/C17H23N3O2/c1-20(14-6-4-3-5-7-14)12-16-18-17(19-22-16)13-8-10-15(21-2)11-9-13/h8-11,14H,3-7,12H2,1-2H3. The number of rotatable bonds is 5. The van der Waals surface area contributed by atoms with Gasteiger partial charge in [-0.1, -0.05) is 24.4 Å². The Bertz CT molecular complexity index is 588. The van der Waals surface area contributed by atoms with Crippen LogP contribution in [0.4, 0.5) is 0 Å². The highest BCUT2D eigenvalue weighted by Crippen LogP contribution is 2.24. The van der Waals surface area contributed by atoms with Crippen molar-refractivity contribution in [2.75, 3.05) is 14.2 Å². The van der Waals surface area contributed by atoms with Crippen LogP contribution in [-0.2, 0) is 6.54 Å². The van der Waals surface area contributed by atoms with Gasteiger partial charge >= 0.3 is 0 Å². The Kier molecular flexibility index (Phi) is 4.73. The maximum Gasteiger partial charge on any atom is 0.241 e. The summed E-state index contributed by atoms with van der Waals surface area (Å²) in [5, 5.41) is 4.09. The highest BCUT2D eigenvalue weighted by molar-refractivity contribution is 5.55. The lowest BCUT2D eigenvalue weighted by atomic mass is 9.94. The second-order valence-electron chi connectivity index (χ2n) is 5.95. The van der Waals surface area contributed by atoms with E-state index < -0.39 is 0 Å². The molecule has 1 saturated carbocycles. The van der Waals surface area contributed by atoms with Crippen LogP contribution in [0.1, 0.15) is 38.0 Å². The fourth-order valence-corrected chi connectivity index (χ4v) is 3.04. The molecule has 5 heteroatoms. The molecule has 0 unspecified atom stereocenters. The highest BCUT2D eigenvalue weighted by atomic mass is 16.5. The molecule has 1 aromatic carbocycles. The minimum Gasteiger partial charge on any atom is -0.497 e. The van der Waals surface area contributed by atoms with E-state index in [0.29, 0.717) is 24.3 Å². The summed E-state index contributed by atoms with van der Waals surface area (Å²) in [6, 6.07) is 8.33. The number of ether oxygens (including phenoxy) is 1. The smallest absolute Gasteiger partial charge is 0.241 e. The summed E-state index contributed by atoms with van der Waals surface area (Å²) in [4.78, 5) is 6.85. The largest absolute Gasteiger partial charge is 0.497 e. The van der Waals surface area contributed by atoms with Gasteiger partial charge in [-0.15, -0.1) is 0 Å². The van der Waals surface area contributed by atoms with Crippen molar-refractivity contribution in [2.45, 2.75) is 44.7 Å². The molecular weight excluding hydrogens is 278 g/mol. The summed E-state index contributed by atoms with van der Waals surface area (Å²) in [5.74, 6) is 2.14. The molecule has 0 amide bonds. The van der Waals surface area contributed by atoms with Crippen molar-refractivity contribution >= 4 is 0 Å². The normalized spacial score (nSPS) is 16.1. The number of hydrogen-bond acceptors (Lipinski definition) is 5. The van der Waals surface area contributed by atoms with Gasteiger partial charge in [0.05, 0.1) is 13.7 Å². The molecule has 1 fully saturated rings. The van der Waals surface area contributed by atoms with Crippen LogP contribution in [0.5, 0.6) is 5.75 Å².